The first-order chi connectivity index (χ1) is 23.2. The Labute approximate surface area is 294 Å². The third-order valence-electron chi connectivity index (χ3n) is 11.5. The molecule has 2 bridgehead atoms. The summed E-state index contributed by atoms with van der Waals surface area (Å²) < 4.78 is 41.5. The molecule has 0 unspecified atom stereocenters. The monoisotopic (exact) mass is 713 g/mol. The second-order valence-electron chi connectivity index (χ2n) is 14.8. The second-order valence-corrected chi connectivity index (χ2v) is 17.2. The highest BCUT2D eigenvalue weighted by atomic mass is 35.5. The number of aliphatic hydroxyl groups is 1. The van der Waals surface area contributed by atoms with Gasteiger partial charge in [-0.25, -0.2) is 13.1 Å². The lowest BCUT2D eigenvalue weighted by Crippen LogP contribution is -2.60. The van der Waals surface area contributed by atoms with Crippen molar-refractivity contribution >= 4 is 39.1 Å². The van der Waals surface area contributed by atoms with Gasteiger partial charge in [-0.2, -0.15) is 0 Å². The average molecular weight is 714 g/mol. The van der Waals surface area contributed by atoms with Gasteiger partial charge in [-0.15, -0.1) is 0 Å². The highest BCUT2D eigenvalue weighted by molar-refractivity contribution is 7.90. The Morgan fingerprint density at radius 2 is 1.96 bits per heavy atom. The van der Waals surface area contributed by atoms with Crippen molar-refractivity contribution in [2.24, 2.45) is 17.8 Å². The van der Waals surface area contributed by atoms with Gasteiger partial charge in [0.15, 0.2) is 6.10 Å². The van der Waals surface area contributed by atoms with Crippen molar-refractivity contribution in [3.8, 4) is 5.75 Å². The third kappa shape index (κ3) is 6.59. The zero-order valence-electron chi connectivity index (χ0n) is 28.9. The summed E-state index contributed by atoms with van der Waals surface area (Å²) in [5.74, 6) is -1.20. The largest absolute Gasteiger partial charge is 0.490 e. The van der Waals surface area contributed by atoms with E-state index in [4.69, 9.17) is 21.1 Å². The average Bonchev–Trinajstić information content (AvgIpc) is 3.18. The van der Waals surface area contributed by atoms with Gasteiger partial charge in [0, 0.05) is 50.3 Å². The van der Waals surface area contributed by atoms with E-state index in [1.807, 2.05) is 12.1 Å². The fraction of sp³-hybridized carbons (Fsp3) is 0.568. The number of anilines is 1. The normalized spacial score (nSPS) is 32.3. The van der Waals surface area contributed by atoms with Gasteiger partial charge in [0.1, 0.15) is 11.4 Å². The molecular formula is C37H48ClN3O7S. The van der Waals surface area contributed by atoms with Crippen LogP contribution in [0.15, 0.2) is 48.6 Å². The minimum absolute atomic E-state index is 0.0272. The number of methoxy groups -OCH3 is 1. The Bertz CT molecular complexity index is 1750. The molecule has 2 N–H and O–H groups in total. The lowest BCUT2D eigenvalue weighted by molar-refractivity contribution is -0.168. The minimum Gasteiger partial charge on any atom is -0.490 e. The van der Waals surface area contributed by atoms with Crippen LogP contribution in [-0.4, -0.2) is 88.1 Å². The number of benzene rings is 2. The van der Waals surface area contributed by atoms with Gasteiger partial charge < -0.3 is 24.4 Å². The molecule has 10 nitrogen and oxygen atoms in total. The summed E-state index contributed by atoms with van der Waals surface area (Å²) in [6, 6.07) is 11.1. The molecule has 6 rings (SSSR count). The first-order valence-corrected chi connectivity index (χ1v) is 19.1. The van der Waals surface area contributed by atoms with Gasteiger partial charge in [0.05, 0.1) is 17.5 Å². The van der Waals surface area contributed by atoms with Crippen LogP contribution in [0.5, 0.6) is 5.75 Å². The number of fused-ring (bicyclic) bond motifs is 4. The van der Waals surface area contributed by atoms with Crippen molar-refractivity contribution in [3.05, 3.63) is 70.3 Å². The Morgan fingerprint density at radius 3 is 2.65 bits per heavy atom. The minimum atomic E-state index is -4.06. The number of rotatable bonds is 3. The van der Waals surface area contributed by atoms with E-state index < -0.39 is 38.8 Å². The van der Waals surface area contributed by atoms with E-state index in [2.05, 4.69) is 15.7 Å². The molecule has 0 aromatic heterocycles. The van der Waals surface area contributed by atoms with Crippen LogP contribution >= 0.6 is 11.6 Å². The topological polar surface area (TPSA) is 125 Å². The van der Waals surface area contributed by atoms with Gasteiger partial charge >= 0.3 is 0 Å². The van der Waals surface area contributed by atoms with Crippen LogP contribution in [0.1, 0.15) is 67.4 Å². The molecule has 0 radical (unpaired) electrons. The van der Waals surface area contributed by atoms with E-state index in [1.54, 1.807) is 58.3 Å². The smallest absolute Gasteiger partial charge is 0.264 e. The predicted octanol–water partition coefficient (Wildman–Crippen LogP) is 4.72. The highest BCUT2D eigenvalue weighted by Gasteiger charge is 2.54. The summed E-state index contributed by atoms with van der Waals surface area (Å²) in [5, 5.41) is 12.3. The molecule has 1 spiro atoms. The van der Waals surface area contributed by atoms with E-state index in [-0.39, 0.29) is 28.7 Å². The Hall–Kier alpha value is -3.12. The van der Waals surface area contributed by atoms with Crippen LogP contribution in [0, 0.1) is 17.8 Å². The zero-order valence-corrected chi connectivity index (χ0v) is 30.5. The van der Waals surface area contributed by atoms with Gasteiger partial charge in [-0.1, -0.05) is 36.7 Å². The Balaban J connectivity index is 1.48. The summed E-state index contributed by atoms with van der Waals surface area (Å²) >= 11 is 6.43. The molecule has 2 aromatic rings. The lowest BCUT2D eigenvalue weighted by atomic mass is 9.62. The lowest BCUT2D eigenvalue weighted by Gasteiger charge is -2.51. The van der Waals surface area contributed by atoms with Crippen molar-refractivity contribution in [3.63, 3.8) is 0 Å². The molecule has 49 heavy (non-hydrogen) atoms. The Morgan fingerprint density at radius 1 is 1.18 bits per heavy atom. The van der Waals surface area contributed by atoms with Crippen molar-refractivity contribution in [2.45, 2.75) is 74.7 Å². The summed E-state index contributed by atoms with van der Waals surface area (Å²) in [6.45, 7) is 4.88. The maximum absolute atomic E-state index is 13.5. The summed E-state index contributed by atoms with van der Waals surface area (Å²) in [6.07, 6.45) is 6.82. The van der Waals surface area contributed by atoms with Crippen molar-refractivity contribution < 1.29 is 32.6 Å². The molecule has 2 aliphatic carbocycles. The molecule has 2 aliphatic heterocycles. The number of allylic oxidation sites excluding steroid dienone is 1. The second kappa shape index (κ2) is 13.5. The van der Waals surface area contributed by atoms with E-state index in [9.17, 15) is 23.1 Å². The van der Waals surface area contributed by atoms with Crippen molar-refractivity contribution in [2.75, 3.05) is 45.8 Å². The van der Waals surface area contributed by atoms with E-state index >= 15 is 0 Å². The fourth-order valence-corrected chi connectivity index (χ4v) is 9.79. The molecule has 2 aromatic carbocycles. The highest BCUT2D eigenvalue weighted by Crippen LogP contribution is 2.49. The number of amides is 2. The van der Waals surface area contributed by atoms with Gasteiger partial charge in [0.25, 0.3) is 11.8 Å². The van der Waals surface area contributed by atoms with Crippen LogP contribution in [-0.2, 0) is 31.4 Å². The molecule has 12 heteroatoms. The third-order valence-corrected chi connectivity index (χ3v) is 13.7. The molecule has 2 amide bonds. The number of sulfonamides is 1. The fourth-order valence-electron chi connectivity index (χ4n) is 8.31. The maximum atomic E-state index is 13.5. The van der Waals surface area contributed by atoms with Gasteiger partial charge in [-0.05, 0) is 105 Å². The van der Waals surface area contributed by atoms with Crippen LogP contribution in [0.3, 0.4) is 0 Å². The molecule has 266 valence electrons. The molecule has 1 fully saturated rings. The number of carbonyl (C=O) groups is 2. The number of ether oxygens (including phenoxy) is 2. The van der Waals surface area contributed by atoms with Crippen LogP contribution in [0.4, 0.5) is 5.69 Å². The standard InChI is InChI=1S/C37H48ClN3O7S/c1-23-8-6-17-37(44,33(47-5)35(43)40(3)4)30-13-10-27(30)20-41-21-36(16-7-9-25-18-28(38)12-14-29(25)36)22-48-32-15-11-26(19-31(32)41)34(42)39-49(45,46)24(23)2/h6,11-12,14-15,17-19,23-24,27,30,33,44H,7-10,13,16,20-22H2,1-5H3,(H,39,42)/b17-6+/t23-,24+,27-,30+,33+,36-,37+/m0/s1. The Kier molecular flexibility index (Phi) is 9.87. The number of carbonyl (C=O) groups excluding carboxylic acids is 2. The molecular weight excluding hydrogens is 666 g/mol. The SMILES string of the molecule is CO[C@H](C(=O)N(C)C)[C@@]1(O)/C=C/C[C@H](C)[C@@H](C)S(=O)(=O)NC(=O)c2ccc3c(c2)N(C[C@@H]2CC[C@H]21)C[C@@]1(CCCc2cc(Cl)ccc21)CO3. The number of likely N-dealkylation sites (N-methyl/N-ethyl adjacent to an activating group) is 1. The van der Waals surface area contributed by atoms with Gasteiger partial charge in [-0.3, -0.25) is 9.59 Å². The molecule has 7 atom stereocenters. The van der Waals surface area contributed by atoms with E-state index in [1.165, 1.54) is 23.1 Å². The quantitative estimate of drug-likeness (QED) is 0.438. The molecule has 0 saturated heterocycles. The predicted molar refractivity (Wildman–Crippen MR) is 190 cm³/mol. The first kappa shape index (κ1) is 35.7. The van der Waals surface area contributed by atoms with Crippen LogP contribution in [0.2, 0.25) is 5.02 Å². The number of hydrogen-bond acceptors (Lipinski definition) is 8. The maximum Gasteiger partial charge on any atom is 0.264 e. The number of aryl methyl sites for hydroxylation is 1. The van der Waals surface area contributed by atoms with Crippen LogP contribution < -0.4 is 14.4 Å². The number of hydrogen-bond donors (Lipinski definition) is 2. The molecule has 4 aliphatic rings. The van der Waals surface area contributed by atoms with Crippen molar-refractivity contribution in [1.82, 2.24) is 9.62 Å². The molecule has 1 saturated carbocycles. The number of nitrogens with one attached hydrogen (secondary N) is 1. The van der Waals surface area contributed by atoms with Crippen molar-refractivity contribution in [1.29, 1.82) is 0 Å². The summed E-state index contributed by atoms with van der Waals surface area (Å²) in [7, 11) is 0.654. The summed E-state index contributed by atoms with van der Waals surface area (Å²) in [5.41, 5.74) is 1.27. The first-order valence-electron chi connectivity index (χ1n) is 17.2. The number of nitrogens with zero attached hydrogens (tertiary/aromatic N) is 2. The summed E-state index contributed by atoms with van der Waals surface area (Å²) in [4.78, 5) is 30.7. The van der Waals surface area contributed by atoms with E-state index in [0.717, 1.165) is 25.7 Å². The molecule has 2 heterocycles. The van der Waals surface area contributed by atoms with Crippen LogP contribution in [0.25, 0.3) is 0 Å². The number of halogens is 1. The van der Waals surface area contributed by atoms with E-state index in [0.29, 0.717) is 49.0 Å². The zero-order chi connectivity index (χ0) is 35.3. The van der Waals surface area contributed by atoms with Gasteiger partial charge in [0.2, 0.25) is 10.0 Å².